The van der Waals surface area contributed by atoms with Gasteiger partial charge >= 0.3 is 0 Å². The summed E-state index contributed by atoms with van der Waals surface area (Å²) in [6, 6.07) is 2.66. The van der Waals surface area contributed by atoms with Crippen molar-refractivity contribution < 1.29 is 23.1 Å². The lowest BCUT2D eigenvalue weighted by atomic mass is 9.83. The molecule has 0 saturated heterocycles. The first-order valence-electron chi connectivity index (χ1n) is 8.20. The maximum absolute atomic E-state index is 12.9. The van der Waals surface area contributed by atoms with Gasteiger partial charge in [0, 0.05) is 23.7 Å². The van der Waals surface area contributed by atoms with Crippen LogP contribution >= 0.6 is 11.6 Å². The predicted octanol–water partition coefficient (Wildman–Crippen LogP) is 3.30. The van der Waals surface area contributed by atoms with E-state index < -0.39 is 15.6 Å². The van der Waals surface area contributed by atoms with E-state index in [1.165, 1.54) is 12.1 Å². The van der Waals surface area contributed by atoms with Gasteiger partial charge in [0.2, 0.25) is 5.78 Å². The zero-order valence-electron chi connectivity index (χ0n) is 14.0. The maximum atomic E-state index is 12.9. The number of ketones is 2. The van der Waals surface area contributed by atoms with E-state index in [1.54, 1.807) is 6.92 Å². The molecule has 2 aliphatic carbocycles. The number of carbonyl (C=O) groups is 2. The summed E-state index contributed by atoms with van der Waals surface area (Å²) in [5.41, 5.74) is 0.221. The molecule has 0 spiro atoms. The Balaban J connectivity index is 2.13. The van der Waals surface area contributed by atoms with Crippen LogP contribution in [0.5, 0.6) is 0 Å². The molecule has 1 aromatic rings. The van der Waals surface area contributed by atoms with Gasteiger partial charge in [0.15, 0.2) is 15.6 Å². The van der Waals surface area contributed by atoms with Gasteiger partial charge in [-0.25, -0.2) is 8.42 Å². The lowest BCUT2D eigenvalue weighted by Crippen LogP contribution is -2.27. The predicted molar refractivity (Wildman–Crippen MR) is 93.8 cm³/mol. The summed E-state index contributed by atoms with van der Waals surface area (Å²) in [7, 11) is -3.49. The van der Waals surface area contributed by atoms with Gasteiger partial charge in [0.25, 0.3) is 0 Å². The molecule has 2 bridgehead atoms. The second kappa shape index (κ2) is 6.25. The minimum atomic E-state index is -3.49. The van der Waals surface area contributed by atoms with E-state index in [0.29, 0.717) is 31.2 Å². The number of benzene rings is 1. The molecule has 2 aliphatic rings. The zero-order chi connectivity index (χ0) is 18.5. The molecule has 1 fully saturated rings. The minimum absolute atomic E-state index is 0.0291. The van der Waals surface area contributed by atoms with Gasteiger partial charge in [0.1, 0.15) is 11.3 Å². The standard InChI is InChI=1S/C18H19ClO5S/c1-3-11-13(25(2,23)24)7-6-12(15(11)19)18(22)14-16(20)9-4-5-10(8-9)17(14)21/h6-7,9-10,20H,3-5,8H2,1-2H3. The molecule has 0 heterocycles. The molecule has 2 atom stereocenters. The molecular formula is C18H19ClO5S. The van der Waals surface area contributed by atoms with E-state index in [9.17, 15) is 23.1 Å². The largest absolute Gasteiger partial charge is 0.511 e. The number of allylic oxidation sites excluding steroid dienone is 2. The van der Waals surface area contributed by atoms with Gasteiger partial charge in [-0.1, -0.05) is 18.5 Å². The van der Waals surface area contributed by atoms with Gasteiger partial charge in [-0.05, 0) is 43.4 Å². The van der Waals surface area contributed by atoms with Crippen LogP contribution in [0.4, 0.5) is 0 Å². The Hall–Kier alpha value is -1.66. The lowest BCUT2D eigenvalue weighted by Gasteiger charge is -2.21. The van der Waals surface area contributed by atoms with Crippen LogP contribution in [-0.4, -0.2) is 31.3 Å². The highest BCUT2D eigenvalue weighted by atomic mass is 35.5. The molecule has 25 heavy (non-hydrogen) atoms. The number of hydrogen-bond donors (Lipinski definition) is 1. The summed E-state index contributed by atoms with van der Waals surface area (Å²) in [4.78, 5) is 25.5. The van der Waals surface area contributed by atoms with Crippen molar-refractivity contribution in [2.45, 2.75) is 37.5 Å². The van der Waals surface area contributed by atoms with Crippen LogP contribution in [0, 0.1) is 11.8 Å². The van der Waals surface area contributed by atoms with E-state index in [1.807, 2.05) is 0 Å². The van der Waals surface area contributed by atoms with Crippen LogP contribution < -0.4 is 0 Å². The molecule has 7 heteroatoms. The summed E-state index contributed by atoms with van der Waals surface area (Å²) in [6.07, 6.45) is 3.36. The van der Waals surface area contributed by atoms with Gasteiger partial charge < -0.3 is 5.11 Å². The summed E-state index contributed by atoms with van der Waals surface area (Å²) in [5.74, 6) is -1.48. The summed E-state index contributed by atoms with van der Waals surface area (Å²) in [6.45, 7) is 1.74. The highest BCUT2D eigenvalue weighted by Crippen LogP contribution is 2.43. The third kappa shape index (κ3) is 2.91. The Morgan fingerprint density at radius 2 is 1.92 bits per heavy atom. The van der Waals surface area contributed by atoms with Crippen LogP contribution in [0.1, 0.15) is 42.1 Å². The number of aliphatic hydroxyl groups excluding tert-OH is 1. The van der Waals surface area contributed by atoms with Gasteiger partial charge in [0.05, 0.1) is 9.92 Å². The second-order valence-electron chi connectivity index (χ2n) is 6.69. The van der Waals surface area contributed by atoms with Crippen LogP contribution in [0.25, 0.3) is 0 Å². The Morgan fingerprint density at radius 3 is 2.52 bits per heavy atom. The highest BCUT2D eigenvalue weighted by Gasteiger charge is 2.43. The Labute approximate surface area is 151 Å². The number of carbonyl (C=O) groups excluding carboxylic acids is 2. The van der Waals surface area contributed by atoms with Crippen molar-refractivity contribution in [1.29, 1.82) is 0 Å². The van der Waals surface area contributed by atoms with Gasteiger partial charge in [-0.2, -0.15) is 0 Å². The summed E-state index contributed by atoms with van der Waals surface area (Å²) >= 11 is 6.32. The molecule has 0 aromatic heterocycles. The molecule has 1 saturated carbocycles. The van der Waals surface area contributed by atoms with Crippen molar-refractivity contribution >= 4 is 33.0 Å². The molecule has 1 aromatic carbocycles. The molecular weight excluding hydrogens is 364 g/mol. The van der Waals surface area contributed by atoms with Crippen LogP contribution in [0.2, 0.25) is 5.02 Å². The average molecular weight is 383 g/mol. The first-order chi connectivity index (χ1) is 11.7. The third-order valence-electron chi connectivity index (χ3n) is 5.12. The Kier molecular flexibility index (Phi) is 4.54. The van der Waals surface area contributed by atoms with Gasteiger partial charge in [-0.3, -0.25) is 9.59 Å². The smallest absolute Gasteiger partial charge is 0.201 e. The maximum Gasteiger partial charge on any atom is 0.201 e. The van der Waals surface area contributed by atoms with Crippen molar-refractivity contribution in [2.75, 3.05) is 6.26 Å². The van der Waals surface area contributed by atoms with E-state index in [4.69, 9.17) is 11.6 Å². The number of sulfone groups is 1. The molecule has 134 valence electrons. The zero-order valence-corrected chi connectivity index (χ0v) is 15.6. The molecule has 0 radical (unpaired) electrons. The van der Waals surface area contributed by atoms with Crippen molar-refractivity contribution in [1.82, 2.24) is 0 Å². The van der Waals surface area contributed by atoms with E-state index in [2.05, 4.69) is 0 Å². The van der Waals surface area contributed by atoms with E-state index >= 15 is 0 Å². The summed E-state index contributed by atoms with van der Waals surface area (Å²) in [5, 5.41) is 10.4. The number of fused-ring (bicyclic) bond motifs is 2. The second-order valence-corrected chi connectivity index (χ2v) is 9.05. The Morgan fingerprint density at radius 1 is 1.28 bits per heavy atom. The molecule has 3 rings (SSSR count). The van der Waals surface area contributed by atoms with Crippen molar-refractivity contribution in [3.05, 3.63) is 39.6 Å². The molecule has 2 unspecified atom stereocenters. The van der Waals surface area contributed by atoms with Crippen LogP contribution in [0.15, 0.2) is 28.4 Å². The first-order valence-corrected chi connectivity index (χ1v) is 10.5. The fourth-order valence-electron chi connectivity index (χ4n) is 3.82. The van der Waals surface area contributed by atoms with Crippen molar-refractivity contribution in [3.8, 4) is 0 Å². The van der Waals surface area contributed by atoms with Crippen molar-refractivity contribution in [3.63, 3.8) is 0 Å². The SMILES string of the molecule is CCc1c(S(C)(=O)=O)ccc(C(=O)C2=C(O)C3CCC(C3)C2=O)c1Cl. The number of aliphatic hydroxyl groups is 1. The number of halogens is 1. The fraction of sp³-hybridized carbons (Fsp3) is 0.444. The molecule has 0 amide bonds. The number of Topliss-reactive ketones (excluding diaryl/α,β-unsaturated/α-hetero) is 2. The number of hydrogen-bond acceptors (Lipinski definition) is 5. The highest BCUT2D eigenvalue weighted by molar-refractivity contribution is 7.90. The molecule has 5 nitrogen and oxygen atoms in total. The summed E-state index contributed by atoms with van der Waals surface area (Å²) < 4.78 is 23.8. The molecule has 0 aliphatic heterocycles. The van der Waals surface area contributed by atoms with Crippen LogP contribution in [0.3, 0.4) is 0 Å². The normalized spacial score (nSPS) is 23.2. The number of rotatable bonds is 4. The quantitative estimate of drug-likeness (QED) is 0.637. The monoisotopic (exact) mass is 382 g/mol. The van der Waals surface area contributed by atoms with E-state index in [-0.39, 0.29) is 44.4 Å². The van der Waals surface area contributed by atoms with Crippen molar-refractivity contribution in [2.24, 2.45) is 11.8 Å². The topological polar surface area (TPSA) is 88.5 Å². The third-order valence-corrected chi connectivity index (χ3v) is 6.73. The molecule has 1 N–H and O–H groups in total. The minimum Gasteiger partial charge on any atom is -0.511 e. The van der Waals surface area contributed by atoms with E-state index in [0.717, 1.165) is 6.26 Å². The average Bonchev–Trinajstić information content (AvgIpc) is 2.99. The Bertz CT molecular complexity index is 914. The van der Waals surface area contributed by atoms with Crippen LogP contribution in [-0.2, 0) is 21.1 Å². The van der Waals surface area contributed by atoms with Gasteiger partial charge in [-0.15, -0.1) is 0 Å². The lowest BCUT2D eigenvalue weighted by molar-refractivity contribution is -0.119. The first kappa shape index (κ1) is 18.1. The fourth-order valence-corrected chi connectivity index (χ4v) is 5.27.